The molecule has 0 saturated carbocycles. The smallest absolute Gasteiger partial charge is 0.430 e. The van der Waals surface area contributed by atoms with Crippen LogP contribution >= 0.6 is 24.8 Å². The second kappa shape index (κ2) is 8.54. The van der Waals surface area contributed by atoms with Crippen molar-refractivity contribution in [1.29, 1.82) is 0 Å². The third-order valence-electron chi connectivity index (χ3n) is 3.65. The third-order valence-corrected chi connectivity index (χ3v) is 3.65. The molecule has 0 bridgehead atoms. The third kappa shape index (κ3) is 5.00. The summed E-state index contributed by atoms with van der Waals surface area (Å²) in [5.74, 6) is 1.28. The molecule has 1 fully saturated rings. The fraction of sp³-hybridized carbons (Fsp3) is 0.833. The van der Waals surface area contributed by atoms with E-state index in [9.17, 15) is 4.79 Å². The molecule has 2 aliphatic heterocycles. The Balaban J connectivity index is 0.00000180. The van der Waals surface area contributed by atoms with Crippen molar-refractivity contribution < 1.29 is 14.3 Å². The van der Waals surface area contributed by atoms with E-state index in [2.05, 4.69) is 11.9 Å². The van der Waals surface area contributed by atoms with Gasteiger partial charge in [-0.2, -0.15) is 0 Å². The average Bonchev–Trinajstić information content (AvgIpc) is 2.86. The van der Waals surface area contributed by atoms with E-state index in [0.29, 0.717) is 12.0 Å². The zero-order valence-corrected chi connectivity index (χ0v) is 13.1. The second-order valence-corrected chi connectivity index (χ2v) is 5.18. The van der Waals surface area contributed by atoms with Crippen LogP contribution < -0.4 is 11.5 Å². The van der Waals surface area contributed by atoms with E-state index in [1.165, 1.54) is 0 Å². The number of hydrogen-bond acceptors (Lipinski definition) is 6. The van der Waals surface area contributed by atoms with Crippen molar-refractivity contribution in [3.05, 3.63) is 0 Å². The van der Waals surface area contributed by atoms with Crippen LogP contribution in [0.1, 0.15) is 32.6 Å². The Hall–Kier alpha value is -0.720. The summed E-state index contributed by atoms with van der Waals surface area (Å²) in [7, 11) is 0. The SMILES string of the molecule is CC1CC(N)=NC1CCCC(N)C1COC(=O)O1.Cl.Cl. The van der Waals surface area contributed by atoms with Crippen LogP contribution in [0.25, 0.3) is 0 Å². The van der Waals surface area contributed by atoms with Crippen LogP contribution in [0.15, 0.2) is 4.99 Å². The maximum atomic E-state index is 10.8. The minimum Gasteiger partial charge on any atom is -0.430 e. The van der Waals surface area contributed by atoms with Gasteiger partial charge in [0.1, 0.15) is 6.61 Å². The highest BCUT2D eigenvalue weighted by atomic mass is 35.5. The lowest BCUT2D eigenvalue weighted by Crippen LogP contribution is -2.36. The van der Waals surface area contributed by atoms with Crippen molar-refractivity contribution in [2.75, 3.05) is 6.61 Å². The molecule has 4 atom stereocenters. The molecule has 0 amide bonds. The number of cyclic esters (lactones) is 2. The Morgan fingerprint density at radius 2 is 2.15 bits per heavy atom. The van der Waals surface area contributed by atoms with Gasteiger partial charge in [-0.1, -0.05) is 6.92 Å². The minimum atomic E-state index is -0.614. The Morgan fingerprint density at radius 1 is 1.45 bits per heavy atom. The highest BCUT2D eigenvalue weighted by Crippen LogP contribution is 2.24. The molecule has 8 heteroatoms. The van der Waals surface area contributed by atoms with Crippen LogP contribution in [0, 0.1) is 5.92 Å². The summed E-state index contributed by atoms with van der Waals surface area (Å²) in [6, 6.07) is 0.161. The minimum absolute atomic E-state index is 0. The Kier molecular flexibility index (Phi) is 8.23. The molecule has 4 N–H and O–H groups in total. The summed E-state index contributed by atoms with van der Waals surface area (Å²) in [6.07, 6.45) is 2.73. The first-order chi connectivity index (χ1) is 8.56. The highest BCUT2D eigenvalue weighted by molar-refractivity contribution is 5.85. The molecule has 0 radical (unpaired) electrons. The molecule has 0 spiro atoms. The van der Waals surface area contributed by atoms with Crippen LogP contribution in [0.3, 0.4) is 0 Å². The van der Waals surface area contributed by atoms with Gasteiger partial charge in [0.05, 0.1) is 11.9 Å². The van der Waals surface area contributed by atoms with E-state index in [-0.39, 0.29) is 43.6 Å². The van der Waals surface area contributed by atoms with Crippen LogP contribution in [0.4, 0.5) is 4.79 Å². The number of nitrogens with zero attached hydrogens (tertiary/aromatic N) is 1. The molecule has 6 nitrogen and oxygen atoms in total. The first kappa shape index (κ1) is 19.3. The predicted molar refractivity (Wildman–Crippen MR) is 81.7 cm³/mol. The zero-order valence-electron chi connectivity index (χ0n) is 11.5. The predicted octanol–water partition coefficient (Wildman–Crippen LogP) is 1.63. The summed E-state index contributed by atoms with van der Waals surface area (Å²) in [6.45, 7) is 2.44. The van der Waals surface area contributed by atoms with Gasteiger partial charge in [-0.3, -0.25) is 4.99 Å². The molecule has 0 aliphatic carbocycles. The van der Waals surface area contributed by atoms with Gasteiger partial charge < -0.3 is 20.9 Å². The van der Waals surface area contributed by atoms with E-state index >= 15 is 0 Å². The first-order valence-electron chi connectivity index (χ1n) is 6.47. The Bertz CT molecular complexity index is 355. The lowest BCUT2D eigenvalue weighted by molar-refractivity contribution is 0.109. The quantitative estimate of drug-likeness (QED) is 0.747. The van der Waals surface area contributed by atoms with Crippen LogP contribution in [0.5, 0.6) is 0 Å². The summed E-state index contributed by atoms with van der Waals surface area (Å²) >= 11 is 0. The lowest BCUT2D eigenvalue weighted by atomic mass is 9.95. The fourth-order valence-corrected chi connectivity index (χ4v) is 2.51. The van der Waals surface area contributed by atoms with Crippen molar-refractivity contribution in [3.8, 4) is 0 Å². The number of nitrogens with two attached hydrogens (primary N) is 2. The van der Waals surface area contributed by atoms with E-state index in [1.807, 2.05) is 0 Å². The molecule has 2 heterocycles. The van der Waals surface area contributed by atoms with E-state index in [1.54, 1.807) is 0 Å². The van der Waals surface area contributed by atoms with Crippen LogP contribution in [-0.2, 0) is 9.47 Å². The number of carbonyl (C=O) groups is 1. The van der Waals surface area contributed by atoms with Gasteiger partial charge >= 0.3 is 6.16 Å². The normalized spacial score (nSPS) is 29.6. The molecule has 1 saturated heterocycles. The summed E-state index contributed by atoms with van der Waals surface area (Å²) < 4.78 is 9.67. The van der Waals surface area contributed by atoms with Crippen molar-refractivity contribution >= 4 is 36.8 Å². The maximum Gasteiger partial charge on any atom is 0.508 e. The molecule has 2 aliphatic rings. The molecular formula is C12H23Cl2N3O3. The molecular weight excluding hydrogens is 305 g/mol. The molecule has 20 heavy (non-hydrogen) atoms. The molecule has 0 aromatic carbocycles. The Labute approximate surface area is 131 Å². The largest absolute Gasteiger partial charge is 0.508 e. The standard InChI is InChI=1S/C12H21N3O3.2ClH/c1-7-5-11(14)15-9(7)4-2-3-8(13)10-6-17-12(16)18-10;;/h7-10H,2-6,13H2,1H3,(H2,14,15);2*1H. The van der Waals surface area contributed by atoms with Gasteiger partial charge in [-0.05, 0) is 25.2 Å². The topological polar surface area (TPSA) is 99.9 Å². The van der Waals surface area contributed by atoms with Gasteiger partial charge in [0.25, 0.3) is 0 Å². The lowest BCUT2D eigenvalue weighted by Gasteiger charge is -2.17. The second-order valence-electron chi connectivity index (χ2n) is 5.18. The van der Waals surface area contributed by atoms with Gasteiger partial charge in [-0.15, -0.1) is 24.8 Å². The summed E-state index contributed by atoms with van der Waals surface area (Å²) in [5, 5.41) is 0. The average molecular weight is 328 g/mol. The number of halogens is 2. The molecule has 0 aromatic rings. The van der Waals surface area contributed by atoms with Gasteiger partial charge in [0.15, 0.2) is 6.10 Å². The number of aliphatic imine (C=N–C) groups is 1. The van der Waals surface area contributed by atoms with Crippen LogP contribution in [-0.4, -0.2) is 36.8 Å². The number of ether oxygens (including phenoxy) is 2. The van der Waals surface area contributed by atoms with Gasteiger partial charge in [0, 0.05) is 12.5 Å². The maximum absolute atomic E-state index is 10.8. The molecule has 4 unspecified atom stereocenters. The molecule has 0 aromatic heterocycles. The first-order valence-corrected chi connectivity index (χ1v) is 6.47. The highest BCUT2D eigenvalue weighted by Gasteiger charge is 2.30. The van der Waals surface area contributed by atoms with Crippen molar-refractivity contribution in [3.63, 3.8) is 0 Å². The summed E-state index contributed by atoms with van der Waals surface area (Å²) in [5.41, 5.74) is 11.7. The van der Waals surface area contributed by atoms with Crippen molar-refractivity contribution in [2.45, 2.75) is 50.8 Å². The fourth-order valence-electron chi connectivity index (χ4n) is 2.51. The van der Waals surface area contributed by atoms with Crippen LogP contribution in [0.2, 0.25) is 0 Å². The molecule has 118 valence electrons. The van der Waals surface area contributed by atoms with E-state index in [0.717, 1.165) is 31.5 Å². The van der Waals surface area contributed by atoms with E-state index in [4.69, 9.17) is 20.9 Å². The van der Waals surface area contributed by atoms with Gasteiger partial charge in [0.2, 0.25) is 0 Å². The number of amidine groups is 1. The number of hydrogen-bond donors (Lipinski definition) is 2. The monoisotopic (exact) mass is 327 g/mol. The van der Waals surface area contributed by atoms with Crippen molar-refractivity contribution in [1.82, 2.24) is 0 Å². The van der Waals surface area contributed by atoms with Crippen molar-refractivity contribution in [2.24, 2.45) is 22.4 Å². The molecule has 2 rings (SSSR count). The number of carbonyl (C=O) groups excluding carboxylic acids is 1. The van der Waals surface area contributed by atoms with Gasteiger partial charge in [-0.25, -0.2) is 4.79 Å². The Morgan fingerprint density at radius 3 is 2.65 bits per heavy atom. The zero-order chi connectivity index (χ0) is 13.1. The summed E-state index contributed by atoms with van der Waals surface area (Å²) in [4.78, 5) is 15.2. The van der Waals surface area contributed by atoms with E-state index < -0.39 is 6.16 Å². The number of rotatable bonds is 5.